The van der Waals surface area contributed by atoms with E-state index < -0.39 is 5.97 Å². The van der Waals surface area contributed by atoms with Crippen molar-refractivity contribution >= 4 is 12.0 Å². The molecule has 0 spiro atoms. The monoisotopic (exact) mass is 255 g/mol. The van der Waals surface area contributed by atoms with E-state index in [1.165, 1.54) is 6.08 Å². The van der Waals surface area contributed by atoms with E-state index in [9.17, 15) is 4.79 Å². The summed E-state index contributed by atoms with van der Waals surface area (Å²) < 4.78 is 5.57. The summed E-state index contributed by atoms with van der Waals surface area (Å²) in [7, 11) is 0. The lowest BCUT2D eigenvalue weighted by atomic mass is 10.2. The number of aliphatic carboxylic acids is 1. The van der Waals surface area contributed by atoms with Crippen LogP contribution in [0.25, 0.3) is 6.08 Å². The number of aromatic nitrogens is 1. The Morgan fingerprint density at radius 3 is 2.63 bits per heavy atom. The minimum absolute atomic E-state index is 0.408. The Hall–Kier alpha value is -2.62. The first-order chi connectivity index (χ1) is 9.24. The molecule has 0 aliphatic carbocycles. The van der Waals surface area contributed by atoms with Crippen LogP contribution in [0.15, 0.2) is 54.7 Å². The molecule has 0 radical (unpaired) electrons. The van der Waals surface area contributed by atoms with Crippen LogP contribution in [0.1, 0.15) is 11.3 Å². The number of benzene rings is 1. The standard InChI is InChI=1S/C15H13NO3/c17-15(18)9-6-12-4-7-14(8-5-12)19-11-13-3-1-2-10-16-13/h1-10H,11H2,(H,17,18)/b9-6+. The first-order valence-corrected chi connectivity index (χ1v) is 5.78. The SMILES string of the molecule is O=C(O)/C=C/c1ccc(OCc2ccccn2)cc1. The minimum atomic E-state index is -0.963. The largest absolute Gasteiger partial charge is 0.487 e. The van der Waals surface area contributed by atoms with Gasteiger partial charge in [-0.3, -0.25) is 4.98 Å². The quantitative estimate of drug-likeness (QED) is 0.834. The van der Waals surface area contributed by atoms with E-state index >= 15 is 0 Å². The minimum Gasteiger partial charge on any atom is -0.487 e. The van der Waals surface area contributed by atoms with E-state index in [1.807, 2.05) is 18.2 Å². The summed E-state index contributed by atoms with van der Waals surface area (Å²) in [5.74, 6) is -0.242. The molecule has 96 valence electrons. The molecule has 0 aliphatic heterocycles. The molecule has 2 aromatic rings. The average Bonchev–Trinajstić information content (AvgIpc) is 2.45. The van der Waals surface area contributed by atoms with Crippen LogP contribution in [0, 0.1) is 0 Å². The van der Waals surface area contributed by atoms with Gasteiger partial charge in [0.25, 0.3) is 0 Å². The fourth-order valence-electron chi connectivity index (χ4n) is 1.48. The van der Waals surface area contributed by atoms with E-state index in [0.29, 0.717) is 6.61 Å². The predicted molar refractivity (Wildman–Crippen MR) is 71.7 cm³/mol. The molecular formula is C15H13NO3. The maximum Gasteiger partial charge on any atom is 0.328 e. The maximum atomic E-state index is 10.4. The van der Waals surface area contributed by atoms with Gasteiger partial charge in [-0.25, -0.2) is 4.79 Å². The molecule has 0 atom stereocenters. The van der Waals surface area contributed by atoms with Gasteiger partial charge >= 0.3 is 5.97 Å². The van der Waals surface area contributed by atoms with E-state index in [0.717, 1.165) is 23.1 Å². The smallest absolute Gasteiger partial charge is 0.328 e. The summed E-state index contributed by atoms with van der Waals surface area (Å²) in [4.78, 5) is 14.5. The van der Waals surface area contributed by atoms with Crippen molar-refractivity contribution in [2.45, 2.75) is 6.61 Å². The lowest BCUT2D eigenvalue weighted by molar-refractivity contribution is -0.131. The molecule has 0 aliphatic rings. The zero-order valence-electron chi connectivity index (χ0n) is 10.2. The number of ether oxygens (including phenoxy) is 1. The second kappa shape index (κ2) is 6.35. The van der Waals surface area contributed by atoms with Crippen LogP contribution in [0.4, 0.5) is 0 Å². The lowest BCUT2D eigenvalue weighted by Crippen LogP contribution is -1.97. The van der Waals surface area contributed by atoms with Crippen molar-refractivity contribution in [1.29, 1.82) is 0 Å². The van der Waals surface area contributed by atoms with Crippen molar-refractivity contribution < 1.29 is 14.6 Å². The Morgan fingerprint density at radius 2 is 2.00 bits per heavy atom. The Balaban J connectivity index is 1.94. The summed E-state index contributed by atoms with van der Waals surface area (Å²) in [6.07, 6.45) is 4.35. The van der Waals surface area contributed by atoms with Gasteiger partial charge in [0.15, 0.2) is 0 Å². The fraction of sp³-hybridized carbons (Fsp3) is 0.0667. The van der Waals surface area contributed by atoms with Gasteiger partial charge in [0.2, 0.25) is 0 Å². The van der Waals surface area contributed by atoms with Crippen LogP contribution >= 0.6 is 0 Å². The van der Waals surface area contributed by atoms with Crippen LogP contribution in [-0.2, 0) is 11.4 Å². The van der Waals surface area contributed by atoms with Crippen LogP contribution in [-0.4, -0.2) is 16.1 Å². The normalized spacial score (nSPS) is 10.5. The molecule has 1 heterocycles. The highest BCUT2D eigenvalue weighted by atomic mass is 16.5. The van der Waals surface area contributed by atoms with E-state index in [4.69, 9.17) is 9.84 Å². The van der Waals surface area contributed by atoms with Gasteiger partial charge in [-0.1, -0.05) is 18.2 Å². The molecule has 0 amide bonds. The number of carboxylic acid groups (broad SMARTS) is 1. The second-order valence-corrected chi connectivity index (χ2v) is 3.85. The molecule has 4 heteroatoms. The third kappa shape index (κ3) is 4.27. The van der Waals surface area contributed by atoms with Crippen molar-refractivity contribution in [2.75, 3.05) is 0 Å². The van der Waals surface area contributed by atoms with Gasteiger partial charge < -0.3 is 9.84 Å². The third-order valence-electron chi connectivity index (χ3n) is 2.41. The van der Waals surface area contributed by atoms with E-state index in [-0.39, 0.29) is 0 Å². The lowest BCUT2D eigenvalue weighted by Gasteiger charge is -2.05. The molecule has 19 heavy (non-hydrogen) atoms. The number of hydrogen-bond donors (Lipinski definition) is 1. The molecule has 0 unspecified atom stereocenters. The van der Waals surface area contributed by atoms with Crippen molar-refractivity contribution in [3.63, 3.8) is 0 Å². The molecule has 4 nitrogen and oxygen atoms in total. The van der Waals surface area contributed by atoms with Crippen LogP contribution in [0.2, 0.25) is 0 Å². The summed E-state index contributed by atoms with van der Waals surface area (Å²) >= 11 is 0. The zero-order valence-corrected chi connectivity index (χ0v) is 10.2. The Labute approximate surface area is 111 Å². The molecule has 1 aromatic carbocycles. The van der Waals surface area contributed by atoms with Crippen molar-refractivity contribution in [1.82, 2.24) is 4.98 Å². The Kier molecular flexibility index (Phi) is 4.29. The number of carbonyl (C=O) groups is 1. The fourth-order valence-corrected chi connectivity index (χ4v) is 1.48. The average molecular weight is 255 g/mol. The van der Waals surface area contributed by atoms with Crippen LogP contribution in [0.3, 0.4) is 0 Å². The summed E-state index contributed by atoms with van der Waals surface area (Å²) in [6, 6.07) is 12.8. The summed E-state index contributed by atoms with van der Waals surface area (Å²) in [6.45, 7) is 0.408. The summed E-state index contributed by atoms with van der Waals surface area (Å²) in [5, 5.41) is 8.52. The van der Waals surface area contributed by atoms with Crippen molar-refractivity contribution in [2.24, 2.45) is 0 Å². The predicted octanol–water partition coefficient (Wildman–Crippen LogP) is 2.76. The molecule has 1 aromatic heterocycles. The van der Waals surface area contributed by atoms with Gasteiger partial charge in [0.1, 0.15) is 12.4 Å². The highest BCUT2D eigenvalue weighted by Gasteiger charge is 1.96. The topological polar surface area (TPSA) is 59.4 Å². The van der Waals surface area contributed by atoms with Crippen molar-refractivity contribution in [3.05, 3.63) is 66.0 Å². The van der Waals surface area contributed by atoms with Gasteiger partial charge in [0, 0.05) is 12.3 Å². The van der Waals surface area contributed by atoms with Crippen LogP contribution in [0.5, 0.6) is 5.75 Å². The van der Waals surface area contributed by atoms with E-state index in [1.54, 1.807) is 30.5 Å². The van der Waals surface area contributed by atoms with Crippen molar-refractivity contribution in [3.8, 4) is 5.75 Å². The van der Waals surface area contributed by atoms with Crippen LogP contribution < -0.4 is 4.74 Å². The molecule has 1 N–H and O–H groups in total. The van der Waals surface area contributed by atoms with E-state index in [2.05, 4.69) is 4.98 Å². The molecule has 0 bridgehead atoms. The molecular weight excluding hydrogens is 242 g/mol. The number of carboxylic acids is 1. The van der Waals surface area contributed by atoms with Gasteiger partial charge in [0.05, 0.1) is 5.69 Å². The second-order valence-electron chi connectivity index (χ2n) is 3.85. The van der Waals surface area contributed by atoms with Gasteiger partial charge in [-0.15, -0.1) is 0 Å². The molecule has 0 fully saturated rings. The first kappa shape index (κ1) is 12.8. The van der Waals surface area contributed by atoms with Gasteiger partial charge in [-0.2, -0.15) is 0 Å². The number of nitrogens with zero attached hydrogens (tertiary/aromatic N) is 1. The zero-order chi connectivity index (χ0) is 13.5. The Bertz CT molecular complexity index is 562. The third-order valence-corrected chi connectivity index (χ3v) is 2.41. The molecule has 0 saturated carbocycles. The maximum absolute atomic E-state index is 10.4. The number of pyridine rings is 1. The highest BCUT2D eigenvalue weighted by Crippen LogP contribution is 2.14. The molecule has 2 rings (SSSR count). The summed E-state index contributed by atoms with van der Waals surface area (Å²) in [5.41, 5.74) is 1.67. The first-order valence-electron chi connectivity index (χ1n) is 5.78. The molecule has 0 saturated heterocycles. The number of rotatable bonds is 5. The highest BCUT2D eigenvalue weighted by molar-refractivity contribution is 5.85. The number of hydrogen-bond acceptors (Lipinski definition) is 3. The van der Waals surface area contributed by atoms with Gasteiger partial charge in [-0.05, 0) is 35.9 Å². The Morgan fingerprint density at radius 1 is 1.21 bits per heavy atom.